The van der Waals surface area contributed by atoms with Crippen LogP contribution in [0.5, 0.6) is 0 Å². The number of nitrogens with two attached hydrogens (primary N) is 1. The van der Waals surface area contributed by atoms with Crippen LogP contribution in [0.15, 0.2) is 36.7 Å². The lowest BCUT2D eigenvalue weighted by molar-refractivity contribution is 0.0698. The van der Waals surface area contributed by atoms with Crippen LogP contribution in [0.25, 0.3) is 0 Å². The SMILES string of the molecule is CCN(Cc1ccncc1)c1cc(C(=O)O)c(N)cc1F. The number of hydrogen-bond donors (Lipinski definition) is 2. The third-order valence-electron chi connectivity index (χ3n) is 3.19. The summed E-state index contributed by atoms with van der Waals surface area (Å²) in [5.74, 6) is -1.71. The van der Waals surface area contributed by atoms with Crippen molar-refractivity contribution in [2.75, 3.05) is 17.2 Å². The van der Waals surface area contributed by atoms with Crippen LogP contribution in [0, 0.1) is 5.82 Å². The molecule has 5 nitrogen and oxygen atoms in total. The van der Waals surface area contributed by atoms with E-state index in [4.69, 9.17) is 10.8 Å². The zero-order valence-electron chi connectivity index (χ0n) is 11.6. The van der Waals surface area contributed by atoms with Crippen LogP contribution in [0.3, 0.4) is 0 Å². The minimum atomic E-state index is -1.17. The summed E-state index contributed by atoms with van der Waals surface area (Å²) in [5, 5.41) is 9.10. The molecule has 0 aliphatic rings. The Balaban J connectivity index is 2.38. The molecule has 3 N–H and O–H groups in total. The molecule has 0 bridgehead atoms. The van der Waals surface area contributed by atoms with Crippen LogP contribution < -0.4 is 10.6 Å². The van der Waals surface area contributed by atoms with Gasteiger partial charge < -0.3 is 15.7 Å². The number of pyridine rings is 1. The first-order valence-electron chi connectivity index (χ1n) is 6.49. The highest BCUT2D eigenvalue weighted by Crippen LogP contribution is 2.26. The Morgan fingerprint density at radius 3 is 2.62 bits per heavy atom. The molecule has 2 rings (SSSR count). The van der Waals surface area contributed by atoms with Gasteiger partial charge in [0.2, 0.25) is 0 Å². The van der Waals surface area contributed by atoms with E-state index in [2.05, 4.69) is 4.98 Å². The van der Waals surface area contributed by atoms with Gasteiger partial charge in [0.1, 0.15) is 5.82 Å². The summed E-state index contributed by atoms with van der Waals surface area (Å²) < 4.78 is 14.1. The third kappa shape index (κ3) is 3.28. The van der Waals surface area contributed by atoms with Gasteiger partial charge in [-0.3, -0.25) is 4.98 Å². The molecule has 0 unspecified atom stereocenters. The monoisotopic (exact) mass is 289 g/mol. The lowest BCUT2D eigenvalue weighted by Gasteiger charge is -2.24. The molecule has 21 heavy (non-hydrogen) atoms. The highest BCUT2D eigenvalue weighted by atomic mass is 19.1. The number of halogens is 1. The molecule has 1 aromatic heterocycles. The average Bonchev–Trinajstić information content (AvgIpc) is 2.46. The average molecular weight is 289 g/mol. The zero-order chi connectivity index (χ0) is 15.4. The molecule has 2 aromatic rings. The molecule has 1 aromatic carbocycles. The lowest BCUT2D eigenvalue weighted by atomic mass is 10.1. The van der Waals surface area contributed by atoms with Crippen LogP contribution in [-0.4, -0.2) is 22.6 Å². The maximum Gasteiger partial charge on any atom is 0.337 e. The van der Waals surface area contributed by atoms with Gasteiger partial charge in [-0.15, -0.1) is 0 Å². The molecular formula is C15H16FN3O2. The highest BCUT2D eigenvalue weighted by molar-refractivity contribution is 5.95. The van der Waals surface area contributed by atoms with Crippen molar-refractivity contribution in [3.8, 4) is 0 Å². The van der Waals surface area contributed by atoms with Crippen LogP contribution in [-0.2, 0) is 6.54 Å². The van der Waals surface area contributed by atoms with Crippen molar-refractivity contribution in [2.24, 2.45) is 0 Å². The van der Waals surface area contributed by atoms with E-state index in [1.54, 1.807) is 17.3 Å². The fourth-order valence-corrected chi connectivity index (χ4v) is 2.08. The number of nitrogens with zero attached hydrogens (tertiary/aromatic N) is 2. The number of nitrogen functional groups attached to an aromatic ring is 1. The van der Waals surface area contributed by atoms with E-state index in [0.717, 1.165) is 11.6 Å². The number of carboxylic acid groups (broad SMARTS) is 1. The third-order valence-corrected chi connectivity index (χ3v) is 3.19. The Labute approximate surface area is 121 Å². The predicted molar refractivity (Wildman–Crippen MR) is 78.7 cm³/mol. The number of benzene rings is 1. The number of anilines is 2. The molecule has 0 amide bonds. The topological polar surface area (TPSA) is 79.5 Å². The second kappa shape index (κ2) is 6.21. The van der Waals surface area contributed by atoms with Crippen molar-refractivity contribution in [1.29, 1.82) is 0 Å². The summed E-state index contributed by atoms with van der Waals surface area (Å²) in [6.07, 6.45) is 3.32. The van der Waals surface area contributed by atoms with Crippen molar-refractivity contribution in [3.05, 3.63) is 53.6 Å². The van der Waals surface area contributed by atoms with Gasteiger partial charge in [-0.2, -0.15) is 0 Å². The van der Waals surface area contributed by atoms with Crippen LogP contribution in [0.2, 0.25) is 0 Å². The molecule has 0 atom stereocenters. The highest BCUT2D eigenvalue weighted by Gasteiger charge is 2.17. The molecular weight excluding hydrogens is 273 g/mol. The van der Waals surface area contributed by atoms with E-state index < -0.39 is 11.8 Å². The summed E-state index contributed by atoms with van der Waals surface area (Å²) in [6.45, 7) is 2.86. The Bertz CT molecular complexity index is 647. The molecule has 0 saturated carbocycles. The minimum Gasteiger partial charge on any atom is -0.478 e. The summed E-state index contributed by atoms with van der Waals surface area (Å²) in [7, 11) is 0. The van der Waals surface area contributed by atoms with E-state index >= 15 is 0 Å². The molecule has 0 spiro atoms. The maximum absolute atomic E-state index is 14.1. The van der Waals surface area contributed by atoms with Crippen molar-refractivity contribution in [3.63, 3.8) is 0 Å². The normalized spacial score (nSPS) is 10.4. The van der Waals surface area contributed by atoms with E-state index in [-0.39, 0.29) is 16.9 Å². The second-order valence-corrected chi connectivity index (χ2v) is 4.57. The molecule has 0 aliphatic carbocycles. The number of aromatic carboxylic acids is 1. The van der Waals surface area contributed by atoms with Gasteiger partial charge in [-0.05, 0) is 36.8 Å². The fourth-order valence-electron chi connectivity index (χ4n) is 2.08. The van der Waals surface area contributed by atoms with Crippen LogP contribution in [0.4, 0.5) is 15.8 Å². The molecule has 6 heteroatoms. The predicted octanol–water partition coefficient (Wildman–Crippen LogP) is 2.53. The molecule has 0 saturated heterocycles. The van der Waals surface area contributed by atoms with E-state index in [9.17, 15) is 9.18 Å². The van der Waals surface area contributed by atoms with Gasteiger partial charge in [0.05, 0.1) is 11.3 Å². The Hall–Kier alpha value is -2.63. The van der Waals surface area contributed by atoms with Crippen LogP contribution in [0.1, 0.15) is 22.8 Å². The first-order valence-corrected chi connectivity index (χ1v) is 6.49. The van der Waals surface area contributed by atoms with E-state index in [1.807, 2.05) is 19.1 Å². The standard InChI is InChI=1S/C15H16FN3O2/c1-2-19(9-10-3-5-18-6-4-10)14-7-11(15(20)21)13(17)8-12(14)16/h3-8H,2,9,17H2,1H3,(H,20,21). The largest absolute Gasteiger partial charge is 0.478 e. The molecule has 0 fully saturated rings. The Morgan fingerprint density at radius 2 is 2.05 bits per heavy atom. The Morgan fingerprint density at radius 1 is 1.38 bits per heavy atom. The smallest absolute Gasteiger partial charge is 0.337 e. The summed E-state index contributed by atoms with van der Waals surface area (Å²) >= 11 is 0. The number of carbonyl (C=O) groups is 1. The summed E-state index contributed by atoms with van der Waals surface area (Å²) in [6, 6.07) is 5.98. The summed E-state index contributed by atoms with van der Waals surface area (Å²) in [4.78, 5) is 16.8. The first-order chi connectivity index (χ1) is 10.0. The zero-order valence-corrected chi connectivity index (χ0v) is 11.6. The van der Waals surface area contributed by atoms with Crippen molar-refractivity contribution >= 4 is 17.3 Å². The first kappa shape index (κ1) is 14.8. The number of aromatic nitrogens is 1. The molecule has 0 aliphatic heterocycles. The minimum absolute atomic E-state index is 0.0799. The van der Waals surface area contributed by atoms with Gasteiger partial charge in [-0.1, -0.05) is 0 Å². The van der Waals surface area contributed by atoms with Crippen molar-refractivity contribution in [2.45, 2.75) is 13.5 Å². The number of hydrogen-bond acceptors (Lipinski definition) is 4. The van der Waals surface area contributed by atoms with E-state index in [0.29, 0.717) is 13.1 Å². The fraction of sp³-hybridized carbons (Fsp3) is 0.200. The Kier molecular flexibility index (Phi) is 4.37. The van der Waals surface area contributed by atoms with Gasteiger partial charge in [0.25, 0.3) is 0 Å². The van der Waals surface area contributed by atoms with Crippen LogP contribution >= 0.6 is 0 Å². The molecule has 110 valence electrons. The van der Waals surface area contributed by atoms with Gasteiger partial charge in [0, 0.05) is 31.2 Å². The number of carboxylic acids is 1. The lowest BCUT2D eigenvalue weighted by Crippen LogP contribution is -2.23. The molecule has 1 heterocycles. The van der Waals surface area contributed by atoms with Gasteiger partial charge in [-0.25, -0.2) is 9.18 Å². The number of rotatable bonds is 5. The van der Waals surface area contributed by atoms with Gasteiger partial charge in [0.15, 0.2) is 0 Å². The summed E-state index contributed by atoms with van der Waals surface area (Å²) in [5.41, 5.74) is 6.54. The van der Waals surface area contributed by atoms with E-state index in [1.165, 1.54) is 6.07 Å². The quantitative estimate of drug-likeness (QED) is 0.827. The molecule has 0 radical (unpaired) electrons. The second-order valence-electron chi connectivity index (χ2n) is 4.57. The maximum atomic E-state index is 14.1. The van der Waals surface area contributed by atoms with Crippen molar-refractivity contribution < 1.29 is 14.3 Å². The van der Waals surface area contributed by atoms with Crippen molar-refractivity contribution in [1.82, 2.24) is 4.98 Å². The van der Waals surface area contributed by atoms with Gasteiger partial charge >= 0.3 is 5.97 Å².